The van der Waals surface area contributed by atoms with Crippen LogP contribution in [0.4, 0.5) is 0 Å². The molecule has 0 radical (unpaired) electrons. The summed E-state index contributed by atoms with van der Waals surface area (Å²) in [5.41, 5.74) is 0. The summed E-state index contributed by atoms with van der Waals surface area (Å²) in [6, 6.07) is 1.53. The van der Waals surface area contributed by atoms with Crippen molar-refractivity contribution in [1.29, 1.82) is 0 Å². The van der Waals surface area contributed by atoms with E-state index in [4.69, 9.17) is 0 Å². The SMILES string of the molecule is CCCCCC(C)N1CCC(NC)C1. The van der Waals surface area contributed by atoms with E-state index in [2.05, 4.69) is 31.1 Å². The van der Waals surface area contributed by atoms with Crippen molar-refractivity contribution in [2.24, 2.45) is 0 Å². The fourth-order valence-electron chi connectivity index (χ4n) is 2.30. The van der Waals surface area contributed by atoms with Crippen LogP contribution in [0.2, 0.25) is 0 Å². The fourth-order valence-corrected chi connectivity index (χ4v) is 2.30. The minimum atomic E-state index is 0.739. The Kier molecular flexibility index (Phi) is 5.49. The predicted octanol–water partition coefficient (Wildman–Crippen LogP) is 2.25. The monoisotopic (exact) mass is 198 g/mol. The molecule has 0 aromatic heterocycles. The molecule has 2 unspecified atom stereocenters. The van der Waals surface area contributed by atoms with E-state index in [1.807, 2.05) is 0 Å². The predicted molar refractivity (Wildman–Crippen MR) is 62.6 cm³/mol. The molecule has 0 aromatic rings. The fraction of sp³-hybridized carbons (Fsp3) is 1.00. The molecule has 1 aliphatic rings. The van der Waals surface area contributed by atoms with Crippen LogP contribution in [0, 0.1) is 0 Å². The molecule has 1 N–H and O–H groups in total. The molecule has 1 aliphatic heterocycles. The van der Waals surface area contributed by atoms with Gasteiger partial charge in [0.15, 0.2) is 0 Å². The second-order valence-electron chi connectivity index (χ2n) is 4.61. The molecule has 0 aromatic carbocycles. The third-order valence-electron chi connectivity index (χ3n) is 3.48. The summed E-state index contributed by atoms with van der Waals surface area (Å²) in [6.07, 6.45) is 6.84. The van der Waals surface area contributed by atoms with Crippen LogP contribution in [-0.4, -0.2) is 37.1 Å². The first-order valence-electron chi connectivity index (χ1n) is 6.19. The third-order valence-corrected chi connectivity index (χ3v) is 3.48. The van der Waals surface area contributed by atoms with Crippen LogP contribution in [-0.2, 0) is 0 Å². The van der Waals surface area contributed by atoms with Gasteiger partial charge in [-0.2, -0.15) is 0 Å². The van der Waals surface area contributed by atoms with E-state index in [1.165, 1.54) is 45.2 Å². The molecular formula is C12H26N2. The Bertz CT molecular complexity index is 147. The van der Waals surface area contributed by atoms with Gasteiger partial charge in [-0.15, -0.1) is 0 Å². The van der Waals surface area contributed by atoms with Crippen LogP contribution >= 0.6 is 0 Å². The van der Waals surface area contributed by atoms with E-state index < -0.39 is 0 Å². The number of nitrogens with one attached hydrogen (secondary N) is 1. The van der Waals surface area contributed by atoms with Gasteiger partial charge >= 0.3 is 0 Å². The standard InChI is InChI=1S/C12H26N2/c1-4-5-6-7-11(2)14-9-8-12(10-14)13-3/h11-13H,4-10H2,1-3H3. The van der Waals surface area contributed by atoms with E-state index in [1.54, 1.807) is 0 Å². The lowest BCUT2D eigenvalue weighted by Crippen LogP contribution is -2.34. The summed E-state index contributed by atoms with van der Waals surface area (Å²) in [6.45, 7) is 7.20. The van der Waals surface area contributed by atoms with Gasteiger partial charge < -0.3 is 5.32 Å². The zero-order valence-electron chi connectivity index (χ0n) is 10.1. The maximum Gasteiger partial charge on any atom is 0.0204 e. The molecule has 2 atom stereocenters. The third kappa shape index (κ3) is 3.58. The van der Waals surface area contributed by atoms with Gasteiger partial charge in [0.2, 0.25) is 0 Å². The quantitative estimate of drug-likeness (QED) is 0.659. The summed E-state index contributed by atoms with van der Waals surface area (Å²) >= 11 is 0. The van der Waals surface area contributed by atoms with E-state index in [9.17, 15) is 0 Å². The molecule has 14 heavy (non-hydrogen) atoms. The van der Waals surface area contributed by atoms with Crippen molar-refractivity contribution in [2.45, 2.75) is 58.0 Å². The number of likely N-dealkylation sites (tertiary alicyclic amines) is 1. The molecule has 0 bridgehead atoms. The zero-order chi connectivity index (χ0) is 10.4. The lowest BCUT2D eigenvalue weighted by Gasteiger charge is -2.24. The molecule has 84 valence electrons. The van der Waals surface area contributed by atoms with Gasteiger partial charge in [0.1, 0.15) is 0 Å². The molecule has 0 amide bonds. The lowest BCUT2D eigenvalue weighted by atomic mass is 10.1. The highest BCUT2D eigenvalue weighted by atomic mass is 15.2. The molecule has 0 aliphatic carbocycles. The Morgan fingerprint density at radius 1 is 1.43 bits per heavy atom. The molecular weight excluding hydrogens is 172 g/mol. The number of hydrogen-bond donors (Lipinski definition) is 1. The largest absolute Gasteiger partial charge is 0.316 e. The number of nitrogens with zero attached hydrogens (tertiary/aromatic N) is 1. The highest BCUT2D eigenvalue weighted by Crippen LogP contribution is 2.16. The topological polar surface area (TPSA) is 15.3 Å². The molecule has 0 spiro atoms. The van der Waals surface area contributed by atoms with Crippen molar-refractivity contribution in [3.63, 3.8) is 0 Å². The smallest absolute Gasteiger partial charge is 0.0204 e. The first-order valence-corrected chi connectivity index (χ1v) is 6.19. The van der Waals surface area contributed by atoms with Crippen molar-refractivity contribution in [1.82, 2.24) is 10.2 Å². The van der Waals surface area contributed by atoms with Crippen LogP contribution in [0.3, 0.4) is 0 Å². The van der Waals surface area contributed by atoms with Crippen molar-refractivity contribution in [2.75, 3.05) is 20.1 Å². The average molecular weight is 198 g/mol. The van der Waals surface area contributed by atoms with Gasteiger partial charge in [0.25, 0.3) is 0 Å². The summed E-state index contributed by atoms with van der Waals surface area (Å²) in [5, 5.41) is 3.37. The molecule has 1 fully saturated rings. The van der Waals surface area contributed by atoms with Crippen LogP contribution in [0.25, 0.3) is 0 Å². The Morgan fingerprint density at radius 2 is 2.21 bits per heavy atom. The molecule has 2 heteroatoms. The minimum Gasteiger partial charge on any atom is -0.316 e. The minimum absolute atomic E-state index is 0.739. The second kappa shape index (κ2) is 6.41. The Labute approximate surface area is 89.1 Å². The van der Waals surface area contributed by atoms with E-state index in [0.717, 1.165) is 12.1 Å². The normalized spacial score (nSPS) is 25.5. The summed E-state index contributed by atoms with van der Waals surface area (Å²) in [4.78, 5) is 2.64. The lowest BCUT2D eigenvalue weighted by molar-refractivity contribution is 0.237. The van der Waals surface area contributed by atoms with Gasteiger partial charge in [0, 0.05) is 25.2 Å². The van der Waals surface area contributed by atoms with Crippen molar-refractivity contribution in [3.8, 4) is 0 Å². The highest BCUT2D eigenvalue weighted by molar-refractivity contribution is 4.82. The van der Waals surface area contributed by atoms with Crippen LogP contribution < -0.4 is 5.32 Å². The maximum absolute atomic E-state index is 3.37. The summed E-state index contributed by atoms with van der Waals surface area (Å²) < 4.78 is 0. The first kappa shape index (κ1) is 12.0. The zero-order valence-corrected chi connectivity index (χ0v) is 10.1. The van der Waals surface area contributed by atoms with Gasteiger partial charge in [-0.25, -0.2) is 0 Å². The molecule has 1 rings (SSSR count). The summed E-state index contributed by atoms with van der Waals surface area (Å²) in [5.74, 6) is 0. The summed E-state index contributed by atoms with van der Waals surface area (Å²) in [7, 11) is 2.08. The Balaban J connectivity index is 2.15. The molecule has 1 heterocycles. The first-order chi connectivity index (χ1) is 6.77. The van der Waals surface area contributed by atoms with Gasteiger partial charge in [-0.3, -0.25) is 4.90 Å². The van der Waals surface area contributed by atoms with Gasteiger partial charge in [0.05, 0.1) is 0 Å². The molecule has 0 saturated carbocycles. The van der Waals surface area contributed by atoms with E-state index in [0.29, 0.717) is 0 Å². The van der Waals surface area contributed by atoms with Crippen molar-refractivity contribution in [3.05, 3.63) is 0 Å². The van der Waals surface area contributed by atoms with Gasteiger partial charge in [-0.05, 0) is 26.8 Å². The average Bonchev–Trinajstić information content (AvgIpc) is 2.66. The van der Waals surface area contributed by atoms with Crippen LogP contribution in [0.5, 0.6) is 0 Å². The molecule has 1 saturated heterocycles. The number of unbranched alkanes of at least 4 members (excludes halogenated alkanes) is 2. The molecule has 2 nitrogen and oxygen atoms in total. The van der Waals surface area contributed by atoms with Crippen molar-refractivity contribution >= 4 is 0 Å². The van der Waals surface area contributed by atoms with E-state index >= 15 is 0 Å². The number of rotatable bonds is 6. The Morgan fingerprint density at radius 3 is 2.79 bits per heavy atom. The van der Waals surface area contributed by atoms with Crippen LogP contribution in [0.1, 0.15) is 46.0 Å². The van der Waals surface area contributed by atoms with E-state index in [-0.39, 0.29) is 0 Å². The van der Waals surface area contributed by atoms with Gasteiger partial charge in [-0.1, -0.05) is 26.2 Å². The number of hydrogen-bond acceptors (Lipinski definition) is 2. The highest BCUT2D eigenvalue weighted by Gasteiger charge is 2.24. The van der Waals surface area contributed by atoms with Crippen molar-refractivity contribution < 1.29 is 0 Å². The second-order valence-corrected chi connectivity index (χ2v) is 4.61. The number of likely N-dealkylation sites (N-methyl/N-ethyl adjacent to an activating group) is 1. The van der Waals surface area contributed by atoms with Crippen LogP contribution in [0.15, 0.2) is 0 Å². The Hall–Kier alpha value is -0.0800. The maximum atomic E-state index is 3.37.